The van der Waals surface area contributed by atoms with Crippen molar-refractivity contribution in [3.8, 4) is 0 Å². The van der Waals surface area contributed by atoms with Gasteiger partial charge in [0.2, 0.25) is 0 Å². The molecule has 24 heteroatoms. The Morgan fingerprint density at radius 1 is 0.420 bits per heavy atom. The molecule has 2 aliphatic heterocycles. The number of pyridine rings is 2. The number of nitrogens with zero attached hydrogens (tertiary/aromatic N) is 8. The molecule has 2 saturated heterocycles. The number of Topliss-reactive ketones (excluding diaryl/α,β-unsaturated/α-hetero) is 2. The fraction of sp³-hybridized carbons (Fsp3) is 0.344. The van der Waals surface area contributed by atoms with Gasteiger partial charge in [0.25, 0.3) is 0 Å². The maximum Gasteiger partial charge on any atom is 0.417 e. The van der Waals surface area contributed by atoms with E-state index in [1.54, 1.807) is 9.80 Å². The number of aromatic nitrogens is 6. The first-order valence-corrected chi connectivity index (χ1v) is 28.4. The van der Waals surface area contributed by atoms with E-state index in [1.807, 2.05) is 121 Å². The first-order chi connectivity index (χ1) is 41.9. The lowest BCUT2D eigenvalue weighted by molar-refractivity contribution is -0.179. The fourth-order valence-corrected chi connectivity index (χ4v) is 12.7. The molecule has 2 aliphatic carbocycles. The number of carbonyl (C=O) groups is 2. The Bertz CT molecular complexity index is 3390. The fourth-order valence-electron chi connectivity index (χ4n) is 12.7. The van der Waals surface area contributed by atoms with Crippen LogP contribution >= 0.6 is 0 Å². The maximum absolute atomic E-state index is 14.6. The van der Waals surface area contributed by atoms with Gasteiger partial charge in [-0.15, -0.1) is 0 Å². The lowest BCUT2D eigenvalue weighted by Crippen LogP contribution is -2.43. The minimum absolute atomic E-state index is 0.127. The highest BCUT2D eigenvalue weighted by Crippen LogP contribution is 2.51. The molecule has 88 heavy (non-hydrogen) atoms. The second-order valence-corrected chi connectivity index (χ2v) is 22.4. The van der Waals surface area contributed by atoms with Gasteiger partial charge in [0.05, 0.1) is 46.7 Å². The van der Waals surface area contributed by atoms with E-state index in [0.717, 1.165) is 46.8 Å². The number of ketones is 2. The number of halogens is 12. The van der Waals surface area contributed by atoms with E-state index >= 15 is 0 Å². The molecule has 12 nitrogen and oxygen atoms in total. The van der Waals surface area contributed by atoms with Gasteiger partial charge in [-0.2, -0.15) is 62.9 Å². The summed E-state index contributed by atoms with van der Waals surface area (Å²) in [5.74, 6) is -6.92. The quantitative estimate of drug-likeness (QED) is 0.127. The summed E-state index contributed by atoms with van der Waals surface area (Å²) in [6, 6.07) is 39.9. The van der Waals surface area contributed by atoms with Crippen LogP contribution in [0.5, 0.6) is 0 Å². The smallest absolute Gasteiger partial charge is 0.384 e. The molecular formula is C64H56F12N8O4. The summed E-state index contributed by atoms with van der Waals surface area (Å²) in [7, 11) is 0. The highest BCUT2D eigenvalue weighted by atomic mass is 19.4. The van der Waals surface area contributed by atoms with Crippen molar-refractivity contribution >= 4 is 23.2 Å². The van der Waals surface area contributed by atoms with Crippen LogP contribution in [0.4, 0.5) is 64.3 Å². The minimum atomic E-state index is -4.91. The Hall–Kier alpha value is -8.38. The van der Waals surface area contributed by atoms with Crippen LogP contribution < -0.4 is 9.80 Å². The van der Waals surface area contributed by atoms with E-state index in [0.29, 0.717) is 63.5 Å². The molecule has 2 fully saturated rings. The minimum Gasteiger partial charge on any atom is -0.384 e. The van der Waals surface area contributed by atoms with Gasteiger partial charge >= 0.3 is 24.7 Å². The average Bonchev–Trinajstić information content (AvgIpc) is 1.70. The predicted octanol–water partition coefficient (Wildman–Crippen LogP) is 12.9. The van der Waals surface area contributed by atoms with Crippen LogP contribution in [0.15, 0.2) is 158 Å². The summed E-state index contributed by atoms with van der Waals surface area (Å²) in [6.45, 7) is 1.29. The van der Waals surface area contributed by atoms with Gasteiger partial charge < -0.3 is 20.0 Å². The number of hydrogen-bond acceptors (Lipinski definition) is 10. The number of alkyl halides is 12. The topological polar surface area (TPSA) is 142 Å². The summed E-state index contributed by atoms with van der Waals surface area (Å²) in [5, 5.41) is 30.8. The van der Waals surface area contributed by atoms with Gasteiger partial charge in [-0.25, -0.2) is 9.97 Å². The Morgan fingerprint density at radius 2 is 0.716 bits per heavy atom. The maximum atomic E-state index is 14.6. The van der Waals surface area contributed by atoms with Gasteiger partial charge in [-0.3, -0.25) is 19.0 Å². The van der Waals surface area contributed by atoms with Crippen molar-refractivity contribution in [3.63, 3.8) is 0 Å². The lowest BCUT2D eigenvalue weighted by Gasteiger charge is -2.34. The number of anilines is 2. The molecule has 12 rings (SSSR count). The average molecular weight is 1230 g/mol. The Morgan fingerprint density at radius 3 is 0.966 bits per heavy atom. The molecule has 4 aromatic heterocycles. The zero-order valence-electron chi connectivity index (χ0n) is 46.5. The highest BCUT2D eigenvalue weighted by Gasteiger charge is 2.56. The predicted molar refractivity (Wildman–Crippen MR) is 299 cm³/mol. The largest absolute Gasteiger partial charge is 0.417 e. The molecule has 0 radical (unpaired) electrons. The number of carbonyl (C=O) groups excluding carboxylic acids is 2. The van der Waals surface area contributed by atoms with Crippen LogP contribution in [0.1, 0.15) is 129 Å². The molecule has 460 valence electrons. The van der Waals surface area contributed by atoms with E-state index in [1.165, 1.54) is 21.5 Å². The molecule has 0 amide bonds. The van der Waals surface area contributed by atoms with E-state index in [2.05, 4.69) is 9.97 Å². The SMILES string of the molecule is O=C1Cc2c(c(C3CCN(c4ccc(C(F)(F)F)cn4)CC3)nn2C(c2ccccc2)c2ccccc2)[C@@H](C(F)(F)F)[C@H]1O.O=C1Cc2c(c(C3CCN(c4ccc(C(F)(F)F)cn4)CC3)nn2C(c2ccccc2)c2ccccc2)[C@H](C(F)(F)F)[C@@H]1O. The van der Waals surface area contributed by atoms with Crippen LogP contribution in [-0.4, -0.2) is 102 Å². The number of rotatable bonds is 10. The van der Waals surface area contributed by atoms with Gasteiger partial charge in [0, 0.05) is 61.5 Å². The van der Waals surface area contributed by atoms with Crippen molar-refractivity contribution in [3.05, 3.63) is 225 Å². The Kier molecular flexibility index (Phi) is 16.9. The van der Waals surface area contributed by atoms with Crippen LogP contribution in [0.25, 0.3) is 0 Å². The van der Waals surface area contributed by atoms with Gasteiger partial charge in [-0.1, -0.05) is 121 Å². The summed E-state index contributed by atoms with van der Waals surface area (Å²) < 4.78 is 169. The molecule has 0 saturated carbocycles. The zero-order chi connectivity index (χ0) is 62.5. The van der Waals surface area contributed by atoms with Crippen LogP contribution in [0, 0.1) is 0 Å². The molecule has 4 atom stereocenters. The summed E-state index contributed by atoms with van der Waals surface area (Å²) in [6.07, 6.45) is -21.2. The molecular weight excluding hydrogens is 1170 g/mol. The molecule has 2 N–H and O–H groups in total. The molecule has 0 unspecified atom stereocenters. The first-order valence-electron chi connectivity index (χ1n) is 28.4. The number of piperidine rings is 2. The highest BCUT2D eigenvalue weighted by molar-refractivity contribution is 5.89. The number of benzene rings is 4. The third kappa shape index (κ3) is 12.4. The van der Waals surface area contributed by atoms with E-state index < -0.39 is 108 Å². The van der Waals surface area contributed by atoms with Crippen molar-refractivity contribution in [2.24, 2.45) is 0 Å². The summed E-state index contributed by atoms with van der Waals surface area (Å²) in [4.78, 5) is 37.2. The Balaban J connectivity index is 0.000000182. The molecule has 0 spiro atoms. The third-order valence-corrected chi connectivity index (χ3v) is 17.0. The normalized spacial score (nSPS) is 19.8. The van der Waals surface area contributed by atoms with Gasteiger partial charge in [0.15, 0.2) is 11.6 Å². The van der Waals surface area contributed by atoms with Crippen molar-refractivity contribution in [2.45, 2.75) is 111 Å². The second-order valence-electron chi connectivity index (χ2n) is 22.4. The van der Waals surface area contributed by atoms with Crippen molar-refractivity contribution in [1.29, 1.82) is 0 Å². The number of fused-ring (bicyclic) bond motifs is 2. The molecule has 0 bridgehead atoms. The van der Waals surface area contributed by atoms with E-state index in [4.69, 9.17) is 10.2 Å². The van der Waals surface area contributed by atoms with E-state index in [9.17, 15) is 72.5 Å². The van der Waals surface area contributed by atoms with E-state index in [-0.39, 0.29) is 33.9 Å². The molecule has 4 aliphatic rings. The Labute approximate surface area is 496 Å². The molecule has 6 heterocycles. The van der Waals surface area contributed by atoms with Crippen molar-refractivity contribution < 1.29 is 72.5 Å². The van der Waals surface area contributed by atoms with Gasteiger partial charge in [0.1, 0.15) is 47.8 Å². The third-order valence-electron chi connectivity index (χ3n) is 17.0. The standard InChI is InChI=1S/2C32H28F6N4O2/c2*33-31(34,35)22-11-12-25(39-18-22)41-15-13-19(14-16-41)28-26-23(17-24(43)30(44)27(26)32(36,37)38)42(40-28)29(20-7-3-1-4-8-20)21-9-5-2-6-10-21/h2*1-12,18-19,27,29-30,44H,13-17H2/t2*27-,30+/m10/s1. The zero-order valence-corrected chi connectivity index (χ0v) is 46.5. The van der Waals surface area contributed by atoms with Crippen molar-refractivity contribution in [1.82, 2.24) is 29.5 Å². The molecule has 4 aromatic carbocycles. The van der Waals surface area contributed by atoms with Crippen LogP contribution in [0.2, 0.25) is 0 Å². The van der Waals surface area contributed by atoms with Crippen molar-refractivity contribution in [2.75, 3.05) is 36.0 Å². The first kappa shape index (κ1) is 61.3. The monoisotopic (exact) mass is 1230 g/mol. The summed E-state index contributed by atoms with van der Waals surface area (Å²) >= 11 is 0. The number of aliphatic hydroxyl groups is 2. The number of aliphatic hydroxyl groups excluding tert-OH is 2. The van der Waals surface area contributed by atoms with Gasteiger partial charge in [-0.05, 0) is 72.2 Å². The lowest BCUT2D eigenvalue weighted by atomic mass is 9.78. The van der Waals surface area contributed by atoms with Crippen LogP contribution in [0.3, 0.4) is 0 Å². The number of hydrogen-bond donors (Lipinski definition) is 2. The van der Waals surface area contributed by atoms with Crippen LogP contribution in [-0.2, 0) is 34.8 Å². The second kappa shape index (κ2) is 24.3. The summed E-state index contributed by atoms with van der Waals surface area (Å²) in [5.41, 5.74) is 1.63. The molecule has 8 aromatic rings.